The van der Waals surface area contributed by atoms with Crippen molar-refractivity contribution >= 4 is 28.5 Å². The number of hydrazone groups is 1. The van der Waals surface area contributed by atoms with Gasteiger partial charge in [0.2, 0.25) is 5.13 Å². The first kappa shape index (κ1) is 15.0. The van der Waals surface area contributed by atoms with Crippen LogP contribution in [0.4, 0.5) is 5.13 Å². The number of hydrogen-bond donors (Lipinski definition) is 2. The van der Waals surface area contributed by atoms with Crippen molar-refractivity contribution in [1.82, 2.24) is 4.98 Å². The lowest BCUT2D eigenvalue weighted by atomic mass is 10.2. The van der Waals surface area contributed by atoms with E-state index in [0.29, 0.717) is 27.0 Å². The second-order valence-corrected chi connectivity index (χ2v) is 5.29. The first-order valence-corrected chi connectivity index (χ1v) is 6.97. The highest BCUT2D eigenvalue weighted by Gasteiger charge is 2.10. The van der Waals surface area contributed by atoms with E-state index in [1.54, 1.807) is 25.3 Å². The van der Waals surface area contributed by atoms with Gasteiger partial charge in [-0.1, -0.05) is 11.3 Å². The summed E-state index contributed by atoms with van der Waals surface area (Å²) in [7, 11) is 1.49. The molecule has 0 radical (unpaired) electrons. The molecular formula is C14H15N3O3S. The number of benzene rings is 1. The number of phenolic OH excluding ortho intramolecular Hbond substituents is 1. The molecular weight excluding hydrogens is 290 g/mol. The van der Waals surface area contributed by atoms with Gasteiger partial charge in [0.1, 0.15) is 0 Å². The standard InChI is InChI=1S/C14H15N3O3S/c1-8-13(9(2)18)21-14(16-8)17-15-7-10-4-5-12(20-3)11(19)6-10/h4-7,19H,1-3H3,(H,16,17)/b15-7-. The number of carbonyl (C=O) groups is 1. The van der Waals surface area contributed by atoms with E-state index in [-0.39, 0.29) is 11.5 Å². The van der Waals surface area contributed by atoms with E-state index in [1.165, 1.54) is 31.4 Å². The molecule has 7 heteroatoms. The summed E-state index contributed by atoms with van der Waals surface area (Å²) >= 11 is 1.26. The summed E-state index contributed by atoms with van der Waals surface area (Å²) in [4.78, 5) is 16.2. The molecule has 1 aromatic carbocycles. The van der Waals surface area contributed by atoms with E-state index in [0.717, 1.165) is 0 Å². The van der Waals surface area contributed by atoms with Crippen LogP contribution in [0, 0.1) is 6.92 Å². The van der Waals surface area contributed by atoms with Gasteiger partial charge in [0.25, 0.3) is 0 Å². The van der Waals surface area contributed by atoms with Crippen molar-refractivity contribution in [2.24, 2.45) is 5.10 Å². The van der Waals surface area contributed by atoms with Crippen LogP contribution in [-0.2, 0) is 0 Å². The zero-order chi connectivity index (χ0) is 15.4. The molecule has 2 N–H and O–H groups in total. The highest BCUT2D eigenvalue weighted by Crippen LogP contribution is 2.26. The average Bonchev–Trinajstić information content (AvgIpc) is 2.80. The largest absolute Gasteiger partial charge is 0.504 e. The average molecular weight is 305 g/mol. The number of rotatable bonds is 5. The summed E-state index contributed by atoms with van der Waals surface area (Å²) in [5.74, 6) is 0.439. The summed E-state index contributed by atoms with van der Waals surface area (Å²) in [6.07, 6.45) is 1.54. The van der Waals surface area contributed by atoms with E-state index in [2.05, 4.69) is 15.5 Å². The number of phenols is 1. The zero-order valence-electron chi connectivity index (χ0n) is 11.9. The lowest BCUT2D eigenvalue weighted by molar-refractivity contribution is 0.102. The molecule has 0 saturated carbocycles. The maximum atomic E-state index is 11.3. The van der Waals surface area contributed by atoms with Gasteiger partial charge in [0, 0.05) is 6.92 Å². The van der Waals surface area contributed by atoms with Crippen molar-refractivity contribution in [2.45, 2.75) is 13.8 Å². The van der Waals surface area contributed by atoms with E-state index >= 15 is 0 Å². The molecule has 21 heavy (non-hydrogen) atoms. The van der Waals surface area contributed by atoms with Crippen molar-refractivity contribution in [3.8, 4) is 11.5 Å². The third kappa shape index (κ3) is 3.57. The summed E-state index contributed by atoms with van der Waals surface area (Å²) in [6, 6.07) is 4.95. The van der Waals surface area contributed by atoms with Crippen LogP contribution in [0.5, 0.6) is 11.5 Å². The fraction of sp³-hybridized carbons (Fsp3) is 0.214. The first-order valence-electron chi connectivity index (χ1n) is 6.15. The number of ketones is 1. The molecule has 0 bridgehead atoms. The number of aryl methyl sites for hydroxylation is 1. The van der Waals surface area contributed by atoms with Crippen LogP contribution in [0.15, 0.2) is 23.3 Å². The van der Waals surface area contributed by atoms with E-state index in [9.17, 15) is 9.90 Å². The Bertz CT molecular complexity index is 695. The topological polar surface area (TPSA) is 83.8 Å². The molecule has 0 saturated heterocycles. The van der Waals surface area contributed by atoms with Gasteiger partial charge >= 0.3 is 0 Å². The molecule has 0 aliphatic carbocycles. The van der Waals surface area contributed by atoms with Crippen LogP contribution in [0.3, 0.4) is 0 Å². The summed E-state index contributed by atoms with van der Waals surface area (Å²) in [5, 5.41) is 14.2. The summed E-state index contributed by atoms with van der Waals surface area (Å²) < 4.78 is 4.96. The van der Waals surface area contributed by atoms with Crippen molar-refractivity contribution in [3.63, 3.8) is 0 Å². The zero-order valence-corrected chi connectivity index (χ0v) is 12.7. The number of hydrogen-bond acceptors (Lipinski definition) is 7. The number of thiazole rings is 1. The van der Waals surface area contributed by atoms with Crippen LogP contribution in [0.25, 0.3) is 0 Å². The fourth-order valence-corrected chi connectivity index (χ4v) is 2.53. The lowest BCUT2D eigenvalue weighted by Gasteiger charge is -2.02. The molecule has 6 nitrogen and oxygen atoms in total. The van der Waals surface area contributed by atoms with E-state index < -0.39 is 0 Å². The Kier molecular flexibility index (Phi) is 4.54. The Hall–Kier alpha value is -2.41. The molecule has 2 rings (SSSR count). The minimum Gasteiger partial charge on any atom is -0.504 e. The number of anilines is 1. The molecule has 2 aromatic rings. The normalized spacial score (nSPS) is 10.8. The predicted molar refractivity (Wildman–Crippen MR) is 82.7 cm³/mol. The van der Waals surface area contributed by atoms with Crippen LogP contribution >= 0.6 is 11.3 Å². The SMILES string of the molecule is COc1ccc(/C=N\Nc2nc(C)c(C(C)=O)s2)cc1O. The van der Waals surface area contributed by atoms with Crippen molar-refractivity contribution in [3.05, 3.63) is 34.3 Å². The molecule has 0 aliphatic rings. The van der Waals surface area contributed by atoms with E-state index in [4.69, 9.17) is 4.74 Å². The van der Waals surface area contributed by atoms with Gasteiger partial charge in [-0.3, -0.25) is 10.2 Å². The van der Waals surface area contributed by atoms with Crippen LogP contribution in [-0.4, -0.2) is 29.2 Å². The quantitative estimate of drug-likeness (QED) is 0.504. The number of aromatic nitrogens is 1. The Morgan fingerprint density at radius 3 is 2.86 bits per heavy atom. The second-order valence-electron chi connectivity index (χ2n) is 4.29. The Morgan fingerprint density at radius 1 is 1.52 bits per heavy atom. The number of ether oxygens (including phenoxy) is 1. The molecule has 110 valence electrons. The van der Waals surface area contributed by atoms with E-state index in [1.807, 2.05) is 0 Å². The van der Waals surface area contributed by atoms with Crippen LogP contribution in [0.1, 0.15) is 27.9 Å². The molecule has 0 atom stereocenters. The second kappa shape index (κ2) is 6.36. The highest BCUT2D eigenvalue weighted by atomic mass is 32.1. The molecule has 0 fully saturated rings. The maximum Gasteiger partial charge on any atom is 0.204 e. The minimum absolute atomic E-state index is 0.0119. The monoisotopic (exact) mass is 305 g/mol. The number of aromatic hydroxyl groups is 1. The smallest absolute Gasteiger partial charge is 0.204 e. The summed E-state index contributed by atoms with van der Waals surface area (Å²) in [6.45, 7) is 3.29. The molecule has 1 aromatic heterocycles. The highest BCUT2D eigenvalue weighted by molar-refractivity contribution is 7.17. The van der Waals surface area contributed by atoms with Crippen LogP contribution in [0.2, 0.25) is 0 Å². The van der Waals surface area contributed by atoms with Gasteiger partial charge in [0.05, 0.1) is 23.9 Å². The van der Waals surface area contributed by atoms with Crippen molar-refractivity contribution < 1.29 is 14.6 Å². The van der Waals surface area contributed by atoms with Gasteiger partial charge in [0.15, 0.2) is 17.3 Å². The van der Waals surface area contributed by atoms with Gasteiger partial charge in [-0.2, -0.15) is 5.10 Å². The van der Waals surface area contributed by atoms with Crippen molar-refractivity contribution in [2.75, 3.05) is 12.5 Å². The first-order chi connectivity index (χ1) is 10.0. The molecule has 0 aliphatic heterocycles. The van der Waals surface area contributed by atoms with Gasteiger partial charge < -0.3 is 9.84 Å². The Balaban J connectivity index is 2.07. The Morgan fingerprint density at radius 2 is 2.29 bits per heavy atom. The predicted octanol–water partition coefficient (Wildman–Crippen LogP) is 2.81. The number of methoxy groups -OCH3 is 1. The third-order valence-electron chi connectivity index (χ3n) is 2.69. The van der Waals surface area contributed by atoms with Crippen LogP contribution < -0.4 is 10.2 Å². The third-order valence-corrected chi connectivity index (χ3v) is 3.86. The number of nitrogens with zero attached hydrogens (tertiary/aromatic N) is 2. The molecule has 1 heterocycles. The fourth-order valence-electron chi connectivity index (χ4n) is 1.72. The number of nitrogens with one attached hydrogen (secondary N) is 1. The van der Waals surface area contributed by atoms with Crippen molar-refractivity contribution in [1.29, 1.82) is 0 Å². The number of carbonyl (C=O) groups excluding carboxylic acids is 1. The minimum atomic E-state index is -0.0119. The summed E-state index contributed by atoms with van der Waals surface area (Å²) in [5.41, 5.74) is 4.17. The van der Waals surface area contributed by atoms with Gasteiger partial charge in [-0.15, -0.1) is 0 Å². The lowest BCUT2D eigenvalue weighted by Crippen LogP contribution is -1.91. The van der Waals surface area contributed by atoms with Gasteiger partial charge in [-0.25, -0.2) is 4.98 Å². The number of Topliss-reactive ketones (excluding diaryl/α,β-unsaturated/α-hetero) is 1. The molecule has 0 spiro atoms. The Labute approximate surface area is 126 Å². The maximum absolute atomic E-state index is 11.3. The van der Waals surface area contributed by atoms with Gasteiger partial charge in [-0.05, 0) is 30.7 Å². The molecule has 0 amide bonds. The molecule has 0 unspecified atom stereocenters.